The van der Waals surface area contributed by atoms with Crippen LogP contribution in [0.4, 0.5) is 20.2 Å². The number of amides is 1. The number of benzene rings is 2. The molecule has 1 unspecified atom stereocenters. The van der Waals surface area contributed by atoms with Gasteiger partial charge in [0.15, 0.2) is 11.6 Å². The molecule has 0 saturated carbocycles. The van der Waals surface area contributed by atoms with Crippen LogP contribution in [0.15, 0.2) is 41.3 Å². The summed E-state index contributed by atoms with van der Waals surface area (Å²) in [4.78, 5) is 13.3. The van der Waals surface area contributed by atoms with Gasteiger partial charge in [-0.2, -0.15) is 0 Å². The van der Waals surface area contributed by atoms with Crippen LogP contribution in [0.25, 0.3) is 0 Å². The number of carbonyl (C=O) groups is 1. The Morgan fingerprint density at radius 3 is 2.52 bits per heavy atom. The standard InChI is InChI=1S/C17H16F2N2O3S/c1-10-7-12-8-14(4-6-17(12)21(10)11(2)22)25(23,24)20-13-3-5-15(18)16(19)9-13/h3-6,8-10,20H,7H2,1-2H3. The Morgan fingerprint density at radius 1 is 1.16 bits per heavy atom. The van der Waals surface area contributed by atoms with Gasteiger partial charge >= 0.3 is 0 Å². The molecular weight excluding hydrogens is 350 g/mol. The second kappa shape index (κ2) is 6.11. The van der Waals surface area contributed by atoms with Crippen LogP contribution in [-0.2, 0) is 21.2 Å². The Balaban J connectivity index is 1.93. The monoisotopic (exact) mass is 366 g/mol. The molecule has 8 heteroatoms. The molecule has 1 amide bonds. The van der Waals surface area contributed by atoms with Gasteiger partial charge in [-0.25, -0.2) is 17.2 Å². The van der Waals surface area contributed by atoms with E-state index < -0.39 is 21.7 Å². The summed E-state index contributed by atoms with van der Waals surface area (Å²) in [5.74, 6) is -2.30. The van der Waals surface area contributed by atoms with Crippen molar-refractivity contribution in [1.82, 2.24) is 0 Å². The van der Waals surface area contributed by atoms with Crippen molar-refractivity contribution in [2.24, 2.45) is 0 Å². The first-order valence-corrected chi connectivity index (χ1v) is 9.08. The molecule has 0 radical (unpaired) electrons. The lowest BCUT2D eigenvalue weighted by Gasteiger charge is -2.20. The van der Waals surface area contributed by atoms with E-state index in [4.69, 9.17) is 0 Å². The normalized spacial score (nSPS) is 16.6. The fourth-order valence-electron chi connectivity index (χ4n) is 3.03. The van der Waals surface area contributed by atoms with Crippen LogP contribution >= 0.6 is 0 Å². The second-order valence-electron chi connectivity index (χ2n) is 5.97. The van der Waals surface area contributed by atoms with Crippen molar-refractivity contribution in [3.05, 3.63) is 53.6 Å². The first kappa shape index (κ1) is 17.3. The van der Waals surface area contributed by atoms with Gasteiger partial charge in [-0.15, -0.1) is 0 Å². The van der Waals surface area contributed by atoms with E-state index in [-0.39, 0.29) is 22.5 Å². The van der Waals surface area contributed by atoms with E-state index in [1.165, 1.54) is 19.1 Å². The Labute approximate surface area is 144 Å². The summed E-state index contributed by atoms with van der Waals surface area (Å²) in [7, 11) is -3.96. The third-order valence-corrected chi connectivity index (χ3v) is 5.47. The largest absolute Gasteiger partial charge is 0.309 e. The second-order valence-corrected chi connectivity index (χ2v) is 7.65. The minimum Gasteiger partial charge on any atom is -0.309 e. The third kappa shape index (κ3) is 3.21. The lowest BCUT2D eigenvalue weighted by atomic mass is 10.1. The van der Waals surface area contributed by atoms with Gasteiger partial charge in [0.2, 0.25) is 5.91 Å². The highest BCUT2D eigenvalue weighted by Crippen LogP contribution is 2.34. The van der Waals surface area contributed by atoms with E-state index >= 15 is 0 Å². The number of fused-ring (bicyclic) bond motifs is 1. The number of carbonyl (C=O) groups excluding carboxylic acids is 1. The van der Waals surface area contributed by atoms with E-state index in [1.54, 1.807) is 11.0 Å². The van der Waals surface area contributed by atoms with Crippen LogP contribution in [0, 0.1) is 11.6 Å². The number of hydrogen-bond acceptors (Lipinski definition) is 3. The first-order chi connectivity index (χ1) is 11.7. The summed E-state index contributed by atoms with van der Waals surface area (Å²) in [6.07, 6.45) is 0.545. The predicted octanol–water partition coefficient (Wildman–Crippen LogP) is 3.06. The fraction of sp³-hybridized carbons (Fsp3) is 0.235. The van der Waals surface area contributed by atoms with Crippen LogP contribution in [0.2, 0.25) is 0 Å². The summed E-state index contributed by atoms with van der Waals surface area (Å²) in [6.45, 7) is 3.34. The van der Waals surface area contributed by atoms with E-state index in [1.807, 2.05) is 6.92 Å². The van der Waals surface area contributed by atoms with E-state index in [9.17, 15) is 22.0 Å². The summed E-state index contributed by atoms with van der Waals surface area (Å²) >= 11 is 0. The van der Waals surface area contributed by atoms with Crippen LogP contribution in [-0.4, -0.2) is 20.4 Å². The molecule has 0 fully saturated rings. The molecule has 0 bridgehead atoms. The van der Waals surface area contributed by atoms with Gasteiger partial charge in [0, 0.05) is 24.7 Å². The van der Waals surface area contributed by atoms with Crippen molar-refractivity contribution in [1.29, 1.82) is 0 Å². The molecule has 1 aliphatic rings. The average Bonchev–Trinajstić information content (AvgIpc) is 2.85. The topological polar surface area (TPSA) is 66.5 Å². The molecule has 1 heterocycles. The molecule has 132 valence electrons. The number of anilines is 2. The average molecular weight is 366 g/mol. The zero-order valence-electron chi connectivity index (χ0n) is 13.6. The number of hydrogen-bond donors (Lipinski definition) is 1. The van der Waals surface area contributed by atoms with Crippen molar-refractivity contribution < 1.29 is 22.0 Å². The highest BCUT2D eigenvalue weighted by Gasteiger charge is 2.30. The molecular formula is C17H16F2N2O3S. The van der Waals surface area contributed by atoms with Crippen molar-refractivity contribution in [2.75, 3.05) is 9.62 Å². The van der Waals surface area contributed by atoms with Crippen molar-refractivity contribution >= 4 is 27.3 Å². The maximum atomic E-state index is 13.3. The van der Waals surface area contributed by atoms with Gasteiger partial charge in [0.25, 0.3) is 10.0 Å². The van der Waals surface area contributed by atoms with Crippen LogP contribution in [0.3, 0.4) is 0 Å². The summed E-state index contributed by atoms with van der Waals surface area (Å²) in [5.41, 5.74) is 1.36. The maximum Gasteiger partial charge on any atom is 0.261 e. The van der Waals surface area contributed by atoms with Crippen molar-refractivity contribution in [3.8, 4) is 0 Å². The molecule has 3 rings (SSSR count). The molecule has 0 aliphatic carbocycles. The highest BCUT2D eigenvalue weighted by atomic mass is 32.2. The molecule has 2 aromatic carbocycles. The van der Waals surface area contributed by atoms with Gasteiger partial charge in [0.1, 0.15) is 0 Å². The maximum absolute atomic E-state index is 13.3. The molecule has 2 aromatic rings. The van der Waals surface area contributed by atoms with Crippen molar-refractivity contribution in [2.45, 2.75) is 31.2 Å². The Bertz CT molecular complexity index is 960. The van der Waals surface area contributed by atoms with E-state index in [2.05, 4.69) is 4.72 Å². The lowest BCUT2D eigenvalue weighted by Crippen LogP contribution is -2.33. The Morgan fingerprint density at radius 2 is 1.88 bits per heavy atom. The smallest absolute Gasteiger partial charge is 0.261 e. The molecule has 0 saturated heterocycles. The highest BCUT2D eigenvalue weighted by molar-refractivity contribution is 7.92. The number of nitrogens with zero attached hydrogens (tertiary/aromatic N) is 1. The SMILES string of the molecule is CC(=O)N1c2ccc(S(=O)(=O)Nc3ccc(F)c(F)c3)cc2CC1C. The molecule has 1 aliphatic heterocycles. The predicted molar refractivity (Wildman–Crippen MR) is 89.9 cm³/mol. The minimum atomic E-state index is -3.96. The minimum absolute atomic E-state index is 0.00594. The zero-order valence-corrected chi connectivity index (χ0v) is 14.4. The Hall–Kier alpha value is -2.48. The lowest BCUT2D eigenvalue weighted by molar-refractivity contribution is -0.116. The van der Waals surface area contributed by atoms with Gasteiger partial charge in [0.05, 0.1) is 10.6 Å². The van der Waals surface area contributed by atoms with Gasteiger partial charge in [-0.1, -0.05) is 0 Å². The van der Waals surface area contributed by atoms with Crippen molar-refractivity contribution in [3.63, 3.8) is 0 Å². The van der Waals surface area contributed by atoms with Crippen LogP contribution in [0.1, 0.15) is 19.4 Å². The third-order valence-electron chi connectivity index (χ3n) is 4.09. The number of rotatable bonds is 3. The summed E-state index contributed by atoms with van der Waals surface area (Å²) < 4.78 is 53.4. The zero-order chi connectivity index (χ0) is 18.4. The first-order valence-electron chi connectivity index (χ1n) is 7.59. The quantitative estimate of drug-likeness (QED) is 0.908. The van der Waals surface area contributed by atoms with Gasteiger partial charge < -0.3 is 4.90 Å². The van der Waals surface area contributed by atoms with Gasteiger partial charge in [-0.05, 0) is 49.2 Å². The number of nitrogens with one attached hydrogen (secondary N) is 1. The summed E-state index contributed by atoms with van der Waals surface area (Å²) in [6, 6.07) is 7.18. The van der Waals surface area contributed by atoms with E-state index in [0.717, 1.165) is 23.8 Å². The van der Waals surface area contributed by atoms with Crippen LogP contribution in [0.5, 0.6) is 0 Å². The fourth-order valence-corrected chi connectivity index (χ4v) is 4.13. The molecule has 5 nitrogen and oxygen atoms in total. The number of halogens is 2. The van der Waals surface area contributed by atoms with Crippen LogP contribution < -0.4 is 9.62 Å². The molecule has 1 N–H and O–H groups in total. The molecule has 1 atom stereocenters. The van der Waals surface area contributed by atoms with Gasteiger partial charge in [-0.3, -0.25) is 9.52 Å². The molecule has 0 spiro atoms. The van der Waals surface area contributed by atoms with E-state index in [0.29, 0.717) is 12.1 Å². The Kier molecular flexibility index (Phi) is 4.24. The molecule has 0 aromatic heterocycles. The summed E-state index contributed by atoms with van der Waals surface area (Å²) in [5, 5.41) is 0. The number of sulfonamides is 1. The molecule has 25 heavy (non-hydrogen) atoms.